The molecule has 0 radical (unpaired) electrons. The number of hydrogen-bond donors (Lipinski definition) is 2. The SMILES string of the molecule is Cc1cc(-c2nnco2)ccc1NC1CCCNC1. The van der Waals surface area contributed by atoms with Gasteiger partial charge in [-0.3, -0.25) is 0 Å². The van der Waals surface area contributed by atoms with Crippen molar-refractivity contribution in [3.8, 4) is 11.5 Å². The van der Waals surface area contributed by atoms with Crippen LogP contribution in [0.3, 0.4) is 0 Å². The number of aromatic nitrogens is 2. The zero-order valence-electron chi connectivity index (χ0n) is 11.0. The summed E-state index contributed by atoms with van der Waals surface area (Å²) in [6.07, 6.45) is 3.80. The van der Waals surface area contributed by atoms with Gasteiger partial charge >= 0.3 is 0 Å². The van der Waals surface area contributed by atoms with Crippen LogP contribution < -0.4 is 10.6 Å². The summed E-state index contributed by atoms with van der Waals surface area (Å²) in [5.41, 5.74) is 3.33. The van der Waals surface area contributed by atoms with Gasteiger partial charge in [0.2, 0.25) is 12.3 Å². The molecular formula is C14H18N4O. The minimum absolute atomic E-state index is 0.515. The molecule has 1 unspecified atom stereocenters. The summed E-state index contributed by atoms with van der Waals surface area (Å²) < 4.78 is 5.21. The van der Waals surface area contributed by atoms with Gasteiger partial charge in [0.25, 0.3) is 0 Å². The quantitative estimate of drug-likeness (QED) is 0.883. The summed E-state index contributed by atoms with van der Waals surface area (Å²) in [6, 6.07) is 6.69. The van der Waals surface area contributed by atoms with Gasteiger partial charge in [-0.15, -0.1) is 10.2 Å². The Bertz CT molecular complexity index is 532. The van der Waals surface area contributed by atoms with Gasteiger partial charge in [-0.25, -0.2) is 0 Å². The van der Waals surface area contributed by atoms with Gasteiger partial charge in [0, 0.05) is 23.8 Å². The second kappa shape index (κ2) is 5.40. The molecule has 0 spiro atoms. The van der Waals surface area contributed by atoms with Crippen LogP contribution in [-0.4, -0.2) is 29.3 Å². The number of hydrogen-bond acceptors (Lipinski definition) is 5. The molecule has 2 aromatic rings. The molecule has 1 fully saturated rings. The summed E-state index contributed by atoms with van der Waals surface area (Å²) in [5, 5.41) is 14.6. The minimum Gasteiger partial charge on any atom is -0.423 e. The molecule has 100 valence electrons. The summed E-state index contributed by atoms with van der Waals surface area (Å²) in [4.78, 5) is 0. The second-order valence-corrected chi connectivity index (χ2v) is 4.96. The number of rotatable bonds is 3. The Morgan fingerprint density at radius 1 is 1.42 bits per heavy atom. The highest BCUT2D eigenvalue weighted by molar-refractivity contribution is 5.62. The fraction of sp³-hybridized carbons (Fsp3) is 0.429. The molecule has 1 aromatic carbocycles. The van der Waals surface area contributed by atoms with Crippen molar-refractivity contribution in [1.82, 2.24) is 15.5 Å². The lowest BCUT2D eigenvalue weighted by Crippen LogP contribution is -2.38. The highest BCUT2D eigenvalue weighted by Crippen LogP contribution is 2.24. The van der Waals surface area contributed by atoms with Gasteiger partial charge in [0.15, 0.2) is 0 Å². The molecule has 0 amide bonds. The third-order valence-corrected chi connectivity index (χ3v) is 3.49. The Hall–Kier alpha value is -1.88. The minimum atomic E-state index is 0.515. The molecular weight excluding hydrogens is 240 g/mol. The van der Waals surface area contributed by atoms with E-state index in [4.69, 9.17) is 4.42 Å². The fourth-order valence-electron chi connectivity index (χ4n) is 2.45. The van der Waals surface area contributed by atoms with Gasteiger partial charge in [0.1, 0.15) is 0 Å². The summed E-state index contributed by atoms with van der Waals surface area (Å²) >= 11 is 0. The van der Waals surface area contributed by atoms with E-state index in [1.54, 1.807) is 0 Å². The van der Waals surface area contributed by atoms with E-state index >= 15 is 0 Å². The first-order chi connectivity index (χ1) is 9.33. The Morgan fingerprint density at radius 3 is 3.05 bits per heavy atom. The third kappa shape index (κ3) is 2.76. The van der Waals surface area contributed by atoms with Crippen molar-refractivity contribution in [2.75, 3.05) is 18.4 Å². The standard InChI is InChI=1S/C14H18N4O/c1-10-7-11(14-18-16-9-19-14)4-5-13(10)17-12-3-2-6-15-8-12/h4-5,7,9,12,15,17H,2-3,6,8H2,1H3. The Morgan fingerprint density at radius 2 is 2.37 bits per heavy atom. The number of aryl methyl sites for hydroxylation is 1. The molecule has 19 heavy (non-hydrogen) atoms. The molecule has 1 saturated heterocycles. The van der Waals surface area contributed by atoms with Crippen molar-refractivity contribution in [2.45, 2.75) is 25.8 Å². The van der Waals surface area contributed by atoms with E-state index in [0.717, 1.165) is 18.7 Å². The largest absolute Gasteiger partial charge is 0.423 e. The Kier molecular flexibility index (Phi) is 3.46. The van der Waals surface area contributed by atoms with Crippen LogP contribution in [0.5, 0.6) is 0 Å². The zero-order valence-corrected chi connectivity index (χ0v) is 11.0. The first-order valence-corrected chi connectivity index (χ1v) is 6.67. The molecule has 0 aliphatic carbocycles. The smallest absolute Gasteiger partial charge is 0.247 e. The number of benzene rings is 1. The molecule has 1 aliphatic heterocycles. The van der Waals surface area contributed by atoms with E-state index in [1.165, 1.54) is 30.5 Å². The highest BCUT2D eigenvalue weighted by Gasteiger charge is 2.14. The van der Waals surface area contributed by atoms with E-state index < -0.39 is 0 Å². The molecule has 5 nitrogen and oxygen atoms in total. The van der Waals surface area contributed by atoms with Crippen LogP contribution >= 0.6 is 0 Å². The van der Waals surface area contributed by atoms with Gasteiger partial charge in [-0.2, -0.15) is 0 Å². The van der Waals surface area contributed by atoms with Crippen molar-refractivity contribution >= 4 is 5.69 Å². The van der Waals surface area contributed by atoms with Crippen molar-refractivity contribution in [2.24, 2.45) is 0 Å². The normalized spacial score (nSPS) is 19.3. The van der Waals surface area contributed by atoms with E-state index in [0.29, 0.717) is 11.9 Å². The third-order valence-electron chi connectivity index (χ3n) is 3.49. The monoisotopic (exact) mass is 258 g/mol. The Labute approximate surface area is 112 Å². The van der Waals surface area contributed by atoms with Gasteiger partial charge in [-0.1, -0.05) is 0 Å². The van der Waals surface area contributed by atoms with E-state index in [9.17, 15) is 0 Å². The van der Waals surface area contributed by atoms with E-state index in [-0.39, 0.29) is 0 Å². The van der Waals surface area contributed by atoms with Crippen LogP contribution in [0.15, 0.2) is 29.0 Å². The molecule has 2 heterocycles. The van der Waals surface area contributed by atoms with Crippen LogP contribution in [0, 0.1) is 6.92 Å². The number of nitrogens with zero attached hydrogens (tertiary/aromatic N) is 2. The van der Waals surface area contributed by atoms with Crippen molar-refractivity contribution < 1.29 is 4.42 Å². The molecule has 0 bridgehead atoms. The molecule has 2 N–H and O–H groups in total. The zero-order chi connectivity index (χ0) is 13.1. The second-order valence-electron chi connectivity index (χ2n) is 4.96. The van der Waals surface area contributed by atoms with Gasteiger partial charge in [0.05, 0.1) is 0 Å². The maximum absolute atomic E-state index is 5.21. The molecule has 1 atom stereocenters. The molecule has 1 aliphatic rings. The lowest BCUT2D eigenvalue weighted by Gasteiger charge is -2.25. The van der Waals surface area contributed by atoms with Crippen molar-refractivity contribution in [1.29, 1.82) is 0 Å². The van der Waals surface area contributed by atoms with E-state index in [1.807, 2.05) is 6.07 Å². The fourth-order valence-corrected chi connectivity index (χ4v) is 2.45. The first kappa shape index (κ1) is 12.2. The first-order valence-electron chi connectivity index (χ1n) is 6.67. The number of anilines is 1. The Balaban J connectivity index is 1.76. The maximum Gasteiger partial charge on any atom is 0.247 e. The summed E-state index contributed by atoms with van der Waals surface area (Å²) in [7, 11) is 0. The van der Waals surface area contributed by atoms with Crippen LogP contribution in [0.25, 0.3) is 11.5 Å². The highest BCUT2D eigenvalue weighted by atomic mass is 16.4. The van der Waals surface area contributed by atoms with Gasteiger partial charge < -0.3 is 15.1 Å². The van der Waals surface area contributed by atoms with E-state index in [2.05, 4.69) is 39.9 Å². The number of nitrogens with one attached hydrogen (secondary N) is 2. The number of piperidine rings is 1. The van der Waals surface area contributed by atoms with Gasteiger partial charge in [-0.05, 0) is 50.1 Å². The molecule has 1 aromatic heterocycles. The van der Waals surface area contributed by atoms with Crippen LogP contribution in [0.4, 0.5) is 5.69 Å². The maximum atomic E-state index is 5.21. The topological polar surface area (TPSA) is 63.0 Å². The summed E-state index contributed by atoms with van der Waals surface area (Å²) in [6.45, 7) is 4.26. The van der Waals surface area contributed by atoms with Crippen molar-refractivity contribution in [3.05, 3.63) is 30.2 Å². The van der Waals surface area contributed by atoms with Crippen LogP contribution in [0.2, 0.25) is 0 Å². The van der Waals surface area contributed by atoms with Crippen molar-refractivity contribution in [3.63, 3.8) is 0 Å². The molecule has 5 heteroatoms. The lowest BCUT2D eigenvalue weighted by molar-refractivity contribution is 0.480. The average molecular weight is 258 g/mol. The molecule has 0 saturated carbocycles. The predicted octanol–water partition coefficient (Wildman–Crippen LogP) is 2.21. The average Bonchev–Trinajstić information content (AvgIpc) is 2.96. The predicted molar refractivity (Wildman–Crippen MR) is 74.0 cm³/mol. The molecule has 3 rings (SSSR count). The van der Waals surface area contributed by atoms with Crippen LogP contribution in [0.1, 0.15) is 18.4 Å². The van der Waals surface area contributed by atoms with Crippen LogP contribution in [-0.2, 0) is 0 Å². The lowest BCUT2D eigenvalue weighted by atomic mass is 10.1. The summed E-state index contributed by atoms with van der Waals surface area (Å²) in [5.74, 6) is 0.564.